The molecule has 346 valence electrons. The molecule has 8 atom stereocenters. The Morgan fingerprint density at radius 1 is 0.621 bits per heavy atom. The number of carbonyl (C=O) groups is 1. The number of carbonyl (C=O) groups excluding carboxylic acids is 1. The van der Waals surface area contributed by atoms with Crippen LogP contribution in [0.15, 0.2) is 0 Å². The number of ether oxygens (including phenoxy) is 2. The molecule has 1 aliphatic heterocycles. The van der Waals surface area contributed by atoms with E-state index in [-0.39, 0.29) is 6.42 Å². The van der Waals surface area contributed by atoms with Crippen LogP contribution >= 0.6 is 0 Å². The Balaban J connectivity index is 2.54. The lowest BCUT2D eigenvalue weighted by Crippen LogP contribution is -2.61. The highest BCUT2D eigenvalue weighted by molar-refractivity contribution is 7.80. The second kappa shape index (κ2) is 35.6. The molecule has 0 aromatic heterocycles. The molecule has 0 bridgehead atoms. The molecule has 0 aromatic carbocycles. The Bertz CT molecular complexity index is 1070. The van der Waals surface area contributed by atoms with Gasteiger partial charge >= 0.3 is 10.4 Å². The summed E-state index contributed by atoms with van der Waals surface area (Å²) in [5, 5.41) is 55.3. The molecule has 0 aromatic rings. The molecule has 8 unspecified atom stereocenters. The minimum Gasteiger partial charge on any atom is -0.394 e. The maximum Gasteiger partial charge on any atom is 0.397 e. The van der Waals surface area contributed by atoms with Crippen molar-refractivity contribution in [2.24, 2.45) is 0 Å². The van der Waals surface area contributed by atoms with E-state index in [1.165, 1.54) is 135 Å². The summed E-state index contributed by atoms with van der Waals surface area (Å²) >= 11 is 0. The third-order valence-corrected chi connectivity index (χ3v) is 12.0. The van der Waals surface area contributed by atoms with Gasteiger partial charge in [0.05, 0.1) is 25.4 Å². The van der Waals surface area contributed by atoms with Crippen molar-refractivity contribution in [1.29, 1.82) is 0 Å². The van der Waals surface area contributed by atoms with Gasteiger partial charge in [-0.25, -0.2) is 4.18 Å². The minimum atomic E-state index is -5.10. The smallest absolute Gasteiger partial charge is 0.394 e. The molecule has 0 saturated carbocycles. The van der Waals surface area contributed by atoms with Crippen molar-refractivity contribution < 1.29 is 57.0 Å². The zero-order chi connectivity index (χ0) is 42.9. The van der Waals surface area contributed by atoms with Gasteiger partial charge in [-0.3, -0.25) is 9.35 Å². The van der Waals surface area contributed by atoms with Crippen LogP contribution < -0.4 is 5.32 Å². The van der Waals surface area contributed by atoms with Crippen molar-refractivity contribution in [2.45, 2.75) is 262 Å². The lowest BCUT2D eigenvalue weighted by Gasteiger charge is -2.41. The zero-order valence-corrected chi connectivity index (χ0v) is 37.3. The van der Waals surface area contributed by atoms with Crippen LogP contribution in [0.2, 0.25) is 0 Å². The molecular formula is C44H87NO12S. The van der Waals surface area contributed by atoms with E-state index in [1.54, 1.807) is 0 Å². The number of aliphatic hydroxyl groups is 5. The number of aliphatic hydroxyl groups excluding tert-OH is 5. The fourth-order valence-corrected chi connectivity index (χ4v) is 8.27. The normalized spacial score (nSPS) is 21.6. The summed E-state index contributed by atoms with van der Waals surface area (Å²) in [6, 6.07) is -1.03. The standard InChI is InChI=1S/C44H87NO12S/c1-3-5-7-9-11-13-15-17-18-19-21-23-25-27-29-31-33-38(48)43(51)45-36(37(47)32-30-28-26-24-22-20-16-14-12-10-8-6-4-2)35-55-44-41(50)42(57-58(52,53)54)40(49)39(34-46)56-44/h36-42,44,46-50H,3-35H2,1-2H3,(H,45,51)(H,52,53,54). The number of amides is 1. The Hall–Kier alpha value is -0.940. The lowest BCUT2D eigenvalue weighted by molar-refractivity contribution is -0.298. The SMILES string of the molecule is CCCCCCCCCCCCCCCCCCC(O)C(=O)NC(COC1OC(CO)C(O)C(OS(=O)(=O)O)C1O)C(O)CCCCCCCCCCCCCCC. The number of rotatable bonds is 40. The summed E-state index contributed by atoms with van der Waals surface area (Å²) in [5.41, 5.74) is 0. The largest absolute Gasteiger partial charge is 0.397 e. The summed E-state index contributed by atoms with van der Waals surface area (Å²) < 4.78 is 47.5. The van der Waals surface area contributed by atoms with E-state index in [9.17, 15) is 43.3 Å². The summed E-state index contributed by atoms with van der Waals surface area (Å²) in [6.45, 7) is 3.28. The highest BCUT2D eigenvalue weighted by Gasteiger charge is 2.48. The molecule has 7 N–H and O–H groups in total. The fraction of sp³-hybridized carbons (Fsp3) is 0.977. The second-order valence-electron chi connectivity index (χ2n) is 16.9. The van der Waals surface area contributed by atoms with E-state index >= 15 is 0 Å². The van der Waals surface area contributed by atoms with Crippen molar-refractivity contribution in [3.05, 3.63) is 0 Å². The average Bonchev–Trinajstić information content (AvgIpc) is 3.19. The predicted molar refractivity (Wildman–Crippen MR) is 229 cm³/mol. The van der Waals surface area contributed by atoms with Gasteiger partial charge < -0.3 is 40.3 Å². The number of hydrogen-bond acceptors (Lipinski definition) is 11. The van der Waals surface area contributed by atoms with E-state index in [0.717, 1.165) is 38.5 Å². The maximum absolute atomic E-state index is 13.1. The molecule has 58 heavy (non-hydrogen) atoms. The van der Waals surface area contributed by atoms with Crippen molar-refractivity contribution in [2.75, 3.05) is 13.2 Å². The molecule has 1 heterocycles. The molecule has 13 nitrogen and oxygen atoms in total. The Morgan fingerprint density at radius 3 is 1.38 bits per heavy atom. The van der Waals surface area contributed by atoms with Gasteiger partial charge in [-0.05, 0) is 12.8 Å². The Morgan fingerprint density at radius 2 is 1.00 bits per heavy atom. The molecule has 0 spiro atoms. The van der Waals surface area contributed by atoms with Gasteiger partial charge in [-0.2, -0.15) is 8.42 Å². The molecule has 14 heteroatoms. The molecule has 0 radical (unpaired) electrons. The molecule has 0 aliphatic carbocycles. The van der Waals surface area contributed by atoms with Crippen LogP contribution in [0.25, 0.3) is 0 Å². The van der Waals surface area contributed by atoms with Crippen molar-refractivity contribution in [3.8, 4) is 0 Å². The van der Waals surface area contributed by atoms with Gasteiger partial charge in [0.2, 0.25) is 5.91 Å². The summed E-state index contributed by atoms with van der Waals surface area (Å²) in [7, 11) is -5.10. The first kappa shape index (κ1) is 55.1. The van der Waals surface area contributed by atoms with Gasteiger partial charge in [0.25, 0.3) is 0 Å². The van der Waals surface area contributed by atoms with Crippen LogP contribution in [-0.2, 0) is 28.9 Å². The first-order valence-electron chi connectivity index (χ1n) is 23.5. The molecule has 1 aliphatic rings. The Kier molecular flexibility index (Phi) is 33.8. The van der Waals surface area contributed by atoms with Crippen LogP contribution in [0.3, 0.4) is 0 Å². The Labute approximate surface area is 352 Å². The monoisotopic (exact) mass is 854 g/mol. The van der Waals surface area contributed by atoms with Gasteiger partial charge in [0.15, 0.2) is 6.29 Å². The lowest BCUT2D eigenvalue weighted by atomic mass is 9.99. The number of unbranched alkanes of at least 4 members (excludes halogenated alkanes) is 27. The third kappa shape index (κ3) is 27.8. The predicted octanol–water partition coefficient (Wildman–Crippen LogP) is 7.97. The van der Waals surface area contributed by atoms with Gasteiger partial charge in [-0.15, -0.1) is 0 Å². The first-order valence-corrected chi connectivity index (χ1v) is 24.9. The highest BCUT2D eigenvalue weighted by Crippen LogP contribution is 2.26. The summed E-state index contributed by atoms with van der Waals surface area (Å²) in [5.74, 6) is -0.666. The topological polar surface area (TPSA) is 212 Å². The summed E-state index contributed by atoms with van der Waals surface area (Å²) in [6.07, 6.45) is 24.3. The van der Waals surface area contributed by atoms with E-state index in [2.05, 4.69) is 23.3 Å². The number of hydrogen-bond donors (Lipinski definition) is 7. The number of nitrogens with one attached hydrogen (secondary N) is 1. The van der Waals surface area contributed by atoms with Crippen LogP contribution in [0, 0.1) is 0 Å². The van der Waals surface area contributed by atoms with Crippen LogP contribution in [0.5, 0.6) is 0 Å². The van der Waals surface area contributed by atoms with Crippen molar-refractivity contribution in [1.82, 2.24) is 5.32 Å². The molecule has 1 saturated heterocycles. The highest BCUT2D eigenvalue weighted by atomic mass is 32.3. The van der Waals surface area contributed by atoms with Crippen molar-refractivity contribution >= 4 is 16.3 Å². The molecule has 1 amide bonds. The van der Waals surface area contributed by atoms with E-state index in [4.69, 9.17) is 9.47 Å². The van der Waals surface area contributed by atoms with Gasteiger partial charge in [0.1, 0.15) is 30.5 Å². The van der Waals surface area contributed by atoms with E-state index in [1.807, 2.05) is 0 Å². The van der Waals surface area contributed by atoms with Crippen molar-refractivity contribution in [3.63, 3.8) is 0 Å². The van der Waals surface area contributed by atoms with Gasteiger partial charge in [-0.1, -0.05) is 200 Å². The fourth-order valence-electron chi connectivity index (χ4n) is 7.76. The van der Waals surface area contributed by atoms with Crippen LogP contribution in [0.4, 0.5) is 0 Å². The van der Waals surface area contributed by atoms with Gasteiger partial charge in [0, 0.05) is 0 Å². The molecular weight excluding hydrogens is 767 g/mol. The third-order valence-electron chi connectivity index (χ3n) is 11.5. The van der Waals surface area contributed by atoms with E-state index in [0.29, 0.717) is 19.3 Å². The van der Waals surface area contributed by atoms with E-state index < -0.39 is 78.5 Å². The van der Waals surface area contributed by atoms with Crippen LogP contribution in [0.1, 0.15) is 213 Å². The maximum atomic E-state index is 13.1. The quantitative estimate of drug-likeness (QED) is 0.0231. The van der Waals surface area contributed by atoms with Crippen LogP contribution in [-0.4, -0.2) is 107 Å². The molecule has 1 fully saturated rings. The minimum absolute atomic E-state index is 0.266. The molecule has 1 rings (SSSR count). The second-order valence-corrected chi connectivity index (χ2v) is 17.9. The summed E-state index contributed by atoms with van der Waals surface area (Å²) in [4.78, 5) is 13.1. The zero-order valence-electron chi connectivity index (χ0n) is 36.5. The first-order chi connectivity index (χ1) is 27.9. The average molecular weight is 854 g/mol.